The standard InChI is InChI=1S/C17H18ClFO2/c1-21-16-8-3-12(4-9-16)2-7-15(20)10-13-5-6-14(19)11-17(13)18/h3-6,8-9,11,15,20H,2,7,10H2,1H3. The highest BCUT2D eigenvalue weighted by Gasteiger charge is 2.09. The molecule has 4 heteroatoms. The summed E-state index contributed by atoms with van der Waals surface area (Å²) >= 11 is 5.96. The molecule has 112 valence electrons. The van der Waals surface area contributed by atoms with Gasteiger partial charge in [0.1, 0.15) is 11.6 Å². The minimum atomic E-state index is -0.505. The van der Waals surface area contributed by atoms with Gasteiger partial charge in [-0.05, 0) is 54.7 Å². The molecule has 2 aromatic rings. The van der Waals surface area contributed by atoms with E-state index < -0.39 is 6.10 Å². The van der Waals surface area contributed by atoms with Crippen molar-refractivity contribution in [1.82, 2.24) is 0 Å². The monoisotopic (exact) mass is 308 g/mol. The van der Waals surface area contributed by atoms with Crippen molar-refractivity contribution in [3.05, 3.63) is 64.4 Å². The van der Waals surface area contributed by atoms with Crippen LogP contribution in [-0.4, -0.2) is 18.3 Å². The van der Waals surface area contributed by atoms with Crippen LogP contribution in [-0.2, 0) is 12.8 Å². The lowest BCUT2D eigenvalue weighted by molar-refractivity contribution is 0.165. The molecule has 21 heavy (non-hydrogen) atoms. The third-order valence-corrected chi connectivity index (χ3v) is 3.75. The zero-order valence-electron chi connectivity index (χ0n) is 11.9. The molecule has 0 spiro atoms. The van der Waals surface area contributed by atoms with E-state index >= 15 is 0 Å². The molecular weight excluding hydrogens is 291 g/mol. The molecule has 0 aliphatic rings. The van der Waals surface area contributed by atoms with Gasteiger partial charge in [0, 0.05) is 5.02 Å². The third-order valence-electron chi connectivity index (χ3n) is 3.40. The van der Waals surface area contributed by atoms with Crippen LogP contribution in [0.4, 0.5) is 4.39 Å². The zero-order valence-corrected chi connectivity index (χ0v) is 12.6. The lowest BCUT2D eigenvalue weighted by atomic mass is 10.0. The molecule has 1 unspecified atom stereocenters. The van der Waals surface area contributed by atoms with Crippen LogP contribution >= 0.6 is 11.6 Å². The number of halogens is 2. The van der Waals surface area contributed by atoms with Crippen LogP contribution < -0.4 is 4.74 Å². The molecule has 0 amide bonds. The van der Waals surface area contributed by atoms with Crippen molar-refractivity contribution >= 4 is 11.6 Å². The summed E-state index contributed by atoms with van der Waals surface area (Å²) in [5.41, 5.74) is 1.90. The number of ether oxygens (including phenoxy) is 1. The van der Waals surface area contributed by atoms with Gasteiger partial charge in [-0.1, -0.05) is 29.8 Å². The first-order valence-electron chi connectivity index (χ1n) is 6.83. The molecule has 0 saturated carbocycles. The quantitative estimate of drug-likeness (QED) is 0.873. The Balaban J connectivity index is 1.87. The molecule has 0 radical (unpaired) electrons. The van der Waals surface area contributed by atoms with Gasteiger partial charge in [0.15, 0.2) is 0 Å². The van der Waals surface area contributed by atoms with Gasteiger partial charge < -0.3 is 9.84 Å². The highest BCUT2D eigenvalue weighted by molar-refractivity contribution is 6.31. The Morgan fingerprint density at radius 1 is 1.19 bits per heavy atom. The van der Waals surface area contributed by atoms with Gasteiger partial charge in [-0.25, -0.2) is 4.39 Å². The summed E-state index contributed by atoms with van der Waals surface area (Å²) in [5.74, 6) is 0.453. The first kappa shape index (κ1) is 15.8. The molecule has 0 bridgehead atoms. The van der Waals surface area contributed by atoms with Crippen LogP contribution in [0.1, 0.15) is 17.5 Å². The predicted octanol–water partition coefficient (Wildman–Crippen LogP) is 4.02. The summed E-state index contributed by atoms with van der Waals surface area (Å²) in [6, 6.07) is 12.0. The molecule has 1 atom stereocenters. The van der Waals surface area contributed by atoms with Crippen molar-refractivity contribution in [2.45, 2.75) is 25.4 Å². The van der Waals surface area contributed by atoms with E-state index in [0.29, 0.717) is 17.9 Å². The molecule has 2 nitrogen and oxygen atoms in total. The van der Waals surface area contributed by atoms with Crippen LogP contribution in [0.5, 0.6) is 5.75 Å². The number of hydrogen-bond donors (Lipinski definition) is 1. The van der Waals surface area contributed by atoms with Crippen molar-refractivity contribution in [2.24, 2.45) is 0 Å². The van der Waals surface area contributed by atoms with Gasteiger partial charge >= 0.3 is 0 Å². The summed E-state index contributed by atoms with van der Waals surface area (Å²) in [6.45, 7) is 0. The van der Waals surface area contributed by atoms with Crippen molar-refractivity contribution in [2.75, 3.05) is 7.11 Å². The van der Waals surface area contributed by atoms with Gasteiger partial charge in [-0.15, -0.1) is 0 Å². The molecule has 0 saturated heterocycles. The maximum atomic E-state index is 13.0. The van der Waals surface area contributed by atoms with E-state index in [1.165, 1.54) is 12.1 Å². The molecule has 2 aromatic carbocycles. The molecule has 2 rings (SSSR count). The summed E-state index contributed by atoms with van der Waals surface area (Å²) < 4.78 is 18.1. The first-order chi connectivity index (χ1) is 10.1. The van der Waals surface area contributed by atoms with Gasteiger partial charge in [0.05, 0.1) is 13.2 Å². The number of aryl methyl sites for hydroxylation is 1. The topological polar surface area (TPSA) is 29.5 Å². The number of aliphatic hydroxyl groups is 1. The predicted molar refractivity (Wildman–Crippen MR) is 82.4 cm³/mol. The Bertz CT molecular complexity index is 584. The molecule has 1 N–H and O–H groups in total. The SMILES string of the molecule is COc1ccc(CCC(O)Cc2ccc(F)cc2Cl)cc1. The molecule has 0 aliphatic heterocycles. The average Bonchev–Trinajstić information content (AvgIpc) is 2.48. The van der Waals surface area contributed by atoms with Gasteiger partial charge in [-0.3, -0.25) is 0 Å². The summed E-state index contributed by atoms with van der Waals surface area (Å²) in [4.78, 5) is 0. The van der Waals surface area contributed by atoms with Crippen LogP contribution in [0.3, 0.4) is 0 Å². The van der Waals surface area contributed by atoms with Crippen molar-refractivity contribution < 1.29 is 14.2 Å². The van der Waals surface area contributed by atoms with E-state index in [1.807, 2.05) is 24.3 Å². The fraction of sp³-hybridized carbons (Fsp3) is 0.294. The Morgan fingerprint density at radius 3 is 2.52 bits per heavy atom. The zero-order chi connectivity index (χ0) is 15.2. The normalized spacial score (nSPS) is 12.2. The number of benzene rings is 2. The van der Waals surface area contributed by atoms with Crippen LogP contribution in [0.25, 0.3) is 0 Å². The number of aliphatic hydroxyl groups excluding tert-OH is 1. The van der Waals surface area contributed by atoms with E-state index in [4.69, 9.17) is 16.3 Å². The summed E-state index contributed by atoms with van der Waals surface area (Å²) in [6.07, 6.45) is 1.31. The second-order valence-electron chi connectivity index (χ2n) is 4.98. The van der Waals surface area contributed by atoms with Crippen LogP contribution in [0.15, 0.2) is 42.5 Å². The molecule has 0 heterocycles. The largest absolute Gasteiger partial charge is 0.497 e. The summed E-state index contributed by atoms with van der Waals surface area (Å²) in [7, 11) is 1.63. The van der Waals surface area contributed by atoms with Crippen molar-refractivity contribution in [3.8, 4) is 5.75 Å². The van der Waals surface area contributed by atoms with Crippen molar-refractivity contribution in [3.63, 3.8) is 0 Å². The molecule has 0 aliphatic carbocycles. The fourth-order valence-electron chi connectivity index (χ4n) is 2.17. The average molecular weight is 309 g/mol. The lowest BCUT2D eigenvalue weighted by Gasteiger charge is -2.12. The highest BCUT2D eigenvalue weighted by Crippen LogP contribution is 2.20. The molecule has 0 fully saturated rings. The second kappa shape index (κ2) is 7.43. The Hall–Kier alpha value is -1.58. The van der Waals surface area contributed by atoms with Gasteiger partial charge in [-0.2, -0.15) is 0 Å². The van der Waals surface area contributed by atoms with E-state index in [2.05, 4.69) is 0 Å². The van der Waals surface area contributed by atoms with E-state index in [9.17, 15) is 9.50 Å². The lowest BCUT2D eigenvalue weighted by Crippen LogP contribution is -2.12. The first-order valence-corrected chi connectivity index (χ1v) is 7.21. The fourth-order valence-corrected chi connectivity index (χ4v) is 2.41. The van der Waals surface area contributed by atoms with E-state index in [1.54, 1.807) is 13.2 Å². The minimum Gasteiger partial charge on any atom is -0.497 e. The molecular formula is C17H18ClFO2. The Kier molecular flexibility index (Phi) is 5.59. The third kappa shape index (κ3) is 4.73. The van der Waals surface area contributed by atoms with E-state index in [-0.39, 0.29) is 5.82 Å². The minimum absolute atomic E-state index is 0.360. The number of hydrogen-bond acceptors (Lipinski definition) is 2. The van der Waals surface area contributed by atoms with Crippen molar-refractivity contribution in [1.29, 1.82) is 0 Å². The maximum absolute atomic E-state index is 13.0. The number of rotatable bonds is 6. The Morgan fingerprint density at radius 2 is 1.90 bits per heavy atom. The number of methoxy groups -OCH3 is 1. The van der Waals surface area contributed by atoms with E-state index in [0.717, 1.165) is 23.3 Å². The van der Waals surface area contributed by atoms with Crippen LogP contribution in [0.2, 0.25) is 5.02 Å². The Labute approximate surface area is 129 Å². The smallest absolute Gasteiger partial charge is 0.124 e. The highest BCUT2D eigenvalue weighted by atomic mass is 35.5. The van der Waals surface area contributed by atoms with Gasteiger partial charge in [0.25, 0.3) is 0 Å². The molecule has 0 aromatic heterocycles. The summed E-state index contributed by atoms with van der Waals surface area (Å²) in [5, 5.41) is 10.4. The van der Waals surface area contributed by atoms with Crippen LogP contribution in [0, 0.1) is 5.82 Å². The second-order valence-corrected chi connectivity index (χ2v) is 5.39. The van der Waals surface area contributed by atoms with Gasteiger partial charge in [0.2, 0.25) is 0 Å². The maximum Gasteiger partial charge on any atom is 0.124 e.